The monoisotopic (exact) mass is 320 g/mol. The number of aromatic nitrogens is 2. The van der Waals surface area contributed by atoms with Gasteiger partial charge in [0, 0.05) is 18.2 Å². The maximum Gasteiger partial charge on any atom is 0.224 e. The number of Topliss-reactive ketones (excluding diaryl/α,β-unsaturated/α-hetero) is 2. The molecule has 118 valence electrons. The van der Waals surface area contributed by atoms with Gasteiger partial charge in [0.1, 0.15) is 11.6 Å². The van der Waals surface area contributed by atoms with E-state index in [1.165, 1.54) is 4.68 Å². The summed E-state index contributed by atoms with van der Waals surface area (Å²) < 4.78 is 6.91. The average molecular weight is 320 g/mol. The molecule has 2 aliphatic rings. The summed E-state index contributed by atoms with van der Waals surface area (Å²) in [6.07, 6.45) is 0. The van der Waals surface area contributed by atoms with Crippen molar-refractivity contribution in [2.24, 2.45) is 12.8 Å². The van der Waals surface area contributed by atoms with Crippen molar-refractivity contribution in [3.8, 4) is 11.9 Å². The fraction of sp³-hybridized carbons (Fsp3) is 0.176. The zero-order chi connectivity index (χ0) is 17.2. The van der Waals surface area contributed by atoms with Crippen LogP contribution in [0.4, 0.5) is 0 Å². The molecule has 2 N–H and O–H groups in total. The van der Waals surface area contributed by atoms with Crippen molar-refractivity contribution in [1.29, 1.82) is 5.26 Å². The Balaban J connectivity index is 2.17. The van der Waals surface area contributed by atoms with Crippen molar-refractivity contribution in [2.75, 3.05) is 0 Å². The highest BCUT2D eigenvalue weighted by Crippen LogP contribution is 2.51. The Kier molecular flexibility index (Phi) is 2.56. The molecule has 0 fully saturated rings. The normalized spacial score (nSPS) is 17.5. The van der Waals surface area contributed by atoms with Gasteiger partial charge in [-0.1, -0.05) is 24.3 Å². The first-order valence-electron chi connectivity index (χ1n) is 7.25. The Morgan fingerprint density at radius 3 is 2.38 bits per heavy atom. The summed E-state index contributed by atoms with van der Waals surface area (Å²) in [5.74, 6) is -0.979. The quantitative estimate of drug-likeness (QED) is 0.728. The number of nitriles is 1. The van der Waals surface area contributed by atoms with Crippen molar-refractivity contribution in [3.05, 3.63) is 58.1 Å². The van der Waals surface area contributed by atoms with E-state index in [9.17, 15) is 14.9 Å². The zero-order valence-corrected chi connectivity index (χ0v) is 13.0. The van der Waals surface area contributed by atoms with E-state index in [1.54, 1.807) is 38.2 Å². The van der Waals surface area contributed by atoms with Crippen LogP contribution in [0, 0.1) is 18.3 Å². The molecule has 0 amide bonds. The number of hydrogen-bond acceptors (Lipinski definition) is 6. The first kappa shape index (κ1) is 14.2. The van der Waals surface area contributed by atoms with E-state index in [0.717, 1.165) is 0 Å². The maximum absolute atomic E-state index is 13.3. The third-order valence-electron chi connectivity index (χ3n) is 4.58. The molecule has 0 saturated heterocycles. The average Bonchev–Trinajstić information content (AvgIpc) is 2.96. The largest absolute Gasteiger partial charge is 0.422 e. The molecule has 1 aromatic carbocycles. The molecule has 24 heavy (non-hydrogen) atoms. The molecular weight excluding hydrogens is 308 g/mol. The van der Waals surface area contributed by atoms with Crippen LogP contribution in [0.1, 0.15) is 32.0 Å². The van der Waals surface area contributed by atoms with Crippen molar-refractivity contribution in [3.63, 3.8) is 0 Å². The molecular formula is C17H12N4O3. The molecule has 2 aromatic rings. The molecule has 4 rings (SSSR count). The number of aryl methyl sites for hydroxylation is 2. The Hall–Kier alpha value is -3.40. The minimum absolute atomic E-state index is 0.183. The lowest BCUT2D eigenvalue weighted by Crippen LogP contribution is -2.45. The van der Waals surface area contributed by atoms with Crippen LogP contribution in [0.15, 0.2) is 35.7 Å². The van der Waals surface area contributed by atoms with Gasteiger partial charge in [-0.3, -0.25) is 9.59 Å². The molecule has 1 aliphatic carbocycles. The van der Waals surface area contributed by atoms with E-state index in [4.69, 9.17) is 10.5 Å². The summed E-state index contributed by atoms with van der Waals surface area (Å²) in [5.41, 5.74) is 5.19. The second kappa shape index (κ2) is 4.32. The smallest absolute Gasteiger partial charge is 0.224 e. The van der Waals surface area contributed by atoms with E-state index in [2.05, 4.69) is 5.10 Å². The Morgan fingerprint density at radius 2 is 1.83 bits per heavy atom. The fourth-order valence-electron chi connectivity index (χ4n) is 3.63. The number of nitrogens with zero attached hydrogens (tertiary/aromatic N) is 3. The van der Waals surface area contributed by atoms with Gasteiger partial charge in [0.15, 0.2) is 17.0 Å². The lowest BCUT2D eigenvalue weighted by Gasteiger charge is -2.30. The standard InChI is InChI=1S/C17H12N4O3/c1-8-12-16(21(2)20-8)24-15(19)11(7-18)17(12)13(22)9-5-3-4-6-10(9)14(17)23/h3-6H,19H2,1-2H3. The Morgan fingerprint density at radius 1 is 1.25 bits per heavy atom. The van der Waals surface area contributed by atoms with Crippen LogP contribution < -0.4 is 10.5 Å². The molecule has 2 heterocycles. The van der Waals surface area contributed by atoms with Crippen LogP contribution in [-0.2, 0) is 12.5 Å². The van der Waals surface area contributed by atoms with Crippen LogP contribution in [0.2, 0.25) is 0 Å². The molecule has 0 unspecified atom stereocenters. The van der Waals surface area contributed by atoms with E-state index < -0.39 is 17.0 Å². The van der Waals surface area contributed by atoms with Gasteiger partial charge >= 0.3 is 0 Å². The van der Waals surface area contributed by atoms with Gasteiger partial charge in [-0.05, 0) is 6.92 Å². The van der Waals surface area contributed by atoms with E-state index in [-0.39, 0.29) is 28.5 Å². The summed E-state index contributed by atoms with van der Waals surface area (Å²) in [6, 6.07) is 8.43. The van der Waals surface area contributed by atoms with Crippen LogP contribution in [-0.4, -0.2) is 21.3 Å². The number of fused-ring (bicyclic) bond motifs is 3. The number of allylic oxidation sites excluding steroid dienone is 1. The topological polar surface area (TPSA) is 111 Å². The van der Waals surface area contributed by atoms with Crippen LogP contribution in [0.25, 0.3) is 0 Å². The molecule has 0 saturated carbocycles. The van der Waals surface area contributed by atoms with E-state index in [1.807, 2.05) is 6.07 Å². The van der Waals surface area contributed by atoms with Crippen molar-refractivity contribution in [1.82, 2.24) is 9.78 Å². The van der Waals surface area contributed by atoms with Gasteiger partial charge in [0.05, 0.1) is 11.3 Å². The van der Waals surface area contributed by atoms with E-state index in [0.29, 0.717) is 11.3 Å². The predicted molar refractivity (Wildman–Crippen MR) is 82.2 cm³/mol. The lowest BCUT2D eigenvalue weighted by atomic mass is 9.69. The lowest BCUT2D eigenvalue weighted by molar-refractivity contribution is 0.0815. The summed E-state index contributed by atoms with van der Waals surface area (Å²) in [5, 5.41) is 13.9. The molecule has 0 bridgehead atoms. The molecule has 7 nitrogen and oxygen atoms in total. The van der Waals surface area contributed by atoms with Crippen LogP contribution >= 0.6 is 0 Å². The van der Waals surface area contributed by atoms with Gasteiger partial charge < -0.3 is 10.5 Å². The van der Waals surface area contributed by atoms with Crippen molar-refractivity contribution in [2.45, 2.75) is 12.3 Å². The number of rotatable bonds is 0. The molecule has 0 radical (unpaired) electrons. The summed E-state index contributed by atoms with van der Waals surface area (Å²) in [6.45, 7) is 1.67. The summed E-state index contributed by atoms with van der Waals surface area (Å²) in [7, 11) is 1.63. The van der Waals surface area contributed by atoms with Gasteiger partial charge in [0.25, 0.3) is 0 Å². The molecule has 1 aromatic heterocycles. The maximum atomic E-state index is 13.3. The third-order valence-corrected chi connectivity index (χ3v) is 4.58. The molecule has 1 aliphatic heterocycles. The predicted octanol–water partition coefficient (Wildman–Crippen LogP) is 1.13. The highest BCUT2D eigenvalue weighted by Gasteiger charge is 2.62. The fourth-order valence-corrected chi connectivity index (χ4v) is 3.63. The number of ether oxygens (including phenoxy) is 1. The number of benzene rings is 1. The molecule has 1 spiro atoms. The highest BCUT2D eigenvalue weighted by molar-refractivity contribution is 6.36. The number of carbonyl (C=O) groups excluding carboxylic acids is 2. The SMILES string of the molecule is Cc1nn(C)c2c1C1(C(=O)c3ccccc3C1=O)C(C#N)=C(N)O2. The first-order chi connectivity index (χ1) is 11.4. The Bertz CT molecular complexity index is 988. The van der Waals surface area contributed by atoms with E-state index >= 15 is 0 Å². The summed E-state index contributed by atoms with van der Waals surface area (Å²) >= 11 is 0. The first-order valence-corrected chi connectivity index (χ1v) is 7.25. The Labute approximate surface area is 136 Å². The number of ketones is 2. The van der Waals surface area contributed by atoms with Crippen molar-refractivity contribution < 1.29 is 14.3 Å². The summed E-state index contributed by atoms with van der Waals surface area (Å²) in [4.78, 5) is 26.5. The van der Waals surface area contributed by atoms with Gasteiger partial charge in [-0.2, -0.15) is 10.4 Å². The van der Waals surface area contributed by atoms with Crippen LogP contribution in [0.5, 0.6) is 5.88 Å². The molecule has 7 heteroatoms. The van der Waals surface area contributed by atoms with Gasteiger partial charge in [-0.15, -0.1) is 0 Å². The highest BCUT2D eigenvalue weighted by atomic mass is 16.5. The minimum Gasteiger partial charge on any atom is -0.422 e. The number of nitrogens with two attached hydrogens (primary N) is 1. The number of carbonyl (C=O) groups is 2. The minimum atomic E-state index is -1.81. The second-order valence-electron chi connectivity index (χ2n) is 5.80. The molecule has 0 atom stereocenters. The third kappa shape index (κ3) is 1.34. The zero-order valence-electron chi connectivity index (χ0n) is 13.0. The second-order valence-corrected chi connectivity index (χ2v) is 5.80. The number of hydrogen-bond donors (Lipinski definition) is 1. The van der Waals surface area contributed by atoms with Crippen molar-refractivity contribution >= 4 is 11.6 Å². The van der Waals surface area contributed by atoms with Crippen LogP contribution in [0.3, 0.4) is 0 Å². The van der Waals surface area contributed by atoms with Gasteiger partial charge in [0.2, 0.25) is 11.8 Å². The van der Waals surface area contributed by atoms with Gasteiger partial charge in [-0.25, -0.2) is 4.68 Å².